The molecule has 1 aromatic heterocycles. The molecule has 1 unspecified atom stereocenters. The van der Waals surface area contributed by atoms with Gasteiger partial charge in [0, 0.05) is 37.7 Å². The largest absolute Gasteiger partial charge is 0.378 e. The van der Waals surface area contributed by atoms with Crippen molar-refractivity contribution in [1.82, 2.24) is 14.7 Å². The van der Waals surface area contributed by atoms with Gasteiger partial charge in [-0.15, -0.1) is 0 Å². The van der Waals surface area contributed by atoms with Crippen molar-refractivity contribution in [2.75, 3.05) is 31.4 Å². The molecular weight excluding hydrogens is 316 g/mol. The zero-order valence-corrected chi connectivity index (χ0v) is 15.3. The monoisotopic (exact) mass is 342 g/mol. The SMILES string of the molecule is COCc1cc(N2CCC(NS(C)(=O)=O)C2)nc(C(C)(C)C)n1. The zero-order chi connectivity index (χ0) is 17.3. The first kappa shape index (κ1) is 18.1. The third kappa shape index (κ3) is 5.12. The molecular formula is C15H26N4O3S. The molecule has 2 rings (SSSR count). The van der Waals surface area contributed by atoms with E-state index in [0.717, 1.165) is 30.3 Å². The molecule has 0 amide bonds. The number of sulfonamides is 1. The Labute approximate surface area is 138 Å². The molecule has 8 heteroatoms. The van der Waals surface area contributed by atoms with Crippen molar-refractivity contribution in [3.63, 3.8) is 0 Å². The molecule has 1 fully saturated rings. The van der Waals surface area contributed by atoms with Gasteiger partial charge < -0.3 is 9.64 Å². The quantitative estimate of drug-likeness (QED) is 0.861. The molecule has 23 heavy (non-hydrogen) atoms. The number of anilines is 1. The summed E-state index contributed by atoms with van der Waals surface area (Å²) in [6.45, 7) is 8.01. The average Bonchev–Trinajstić information content (AvgIpc) is 2.84. The van der Waals surface area contributed by atoms with Gasteiger partial charge in [0.15, 0.2) is 0 Å². The van der Waals surface area contributed by atoms with E-state index in [1.165, 1.54) is 6.26 Å². The van der Waals surface area contributed by atoms with Crippen LogP contribution in [0.4, 0.5) is 5.82 Å². The molecule has 1 N–H and O–H groups in total. The predicted molar refractivity (Wildman–Crippen MR) is 90.0 cm³/mol. The molecule has 1 aromatic rings. The van der Waals surface area contributed by atoms with E-state index < -0.39 is 10.0 Å². The Hall–Kier alpha value is -1.25. The Morgan fingerprint density at radius 2 is 2.09 bits per heavy atom. The number of aromatic nitrogens is 2. The Morgan fingerprint density at radius 3 is 2.65 bits per heavy atom. The van der Waals surface area contributed by atoms with Crippen LogP contribution in [-0.4, -0.2) is 50.9 Å². The molecule has 1 saturated heterocycles. The summed E-state index contributed by atoms with van der Waals surface area (Å²) in [5.74, 6) is 1.59. The first-order valence-electron chi connectivity index (χ1n) is 7.68. The van der Waals surface area contributed by atoms with Gasteiger partial charge in [-0.1, -0.05) is 20.8 Å². The Kier molecular flexibility index (Phi) is 5.27. The van der Waals surface area contributed by atoms with E-state index in [2.05, 4.69) is 40.4 Å². The van der Waals surface area contributed by atoms with Gasteiger partial charge in [-0.2, -0.15) is 0 Å². The molecule has 130 valence electrons. The van der Waals surface area contributed by atoms with Gasteiger partial charge in [-0.25, -0.2) is 23.1 Å². The molecule has 1 atom stereocenters. The number of nitrogens with one attached hydrogen (secondary N) is 1. The fourth-order valence-corrected chi connectivity index (χ4v) is 3.37. The van der Waals surface area contributed by atoms with Crippen LogP contribution in [0.2, 0.25) is 0 Å². The number of rotatable bonds is 5. The fourth-order valence-electron chi connectivity index (χ4n) is 2.57. The van der Waals surface area contributed by atoms with E-state index in [1.54, 1.807) is 7.11 Å². The standard InChI is InChI=1S/C15H26N4O3S/c1-15(2,3)14-16-12(10-22-4)8-13(17-14)19-7-6-11(9-19)18-23(5,20)21/h8,11,18H,6-7,9-10H2,1-5H3. The summed E-state index contributed by atoms with van der Waals surface area (Å²) >= 11 is 0. The lowest BCUT2D eigenvalue weighted by Gasteiger charge is -2.23. The van der Waals surface area contributed by atoms with Crippen molar-refractivity contribution < 1.29 is 13.2 Å². The van der Waals surface area contributed by atoms with E-state index in [1.807, 2.05) is 6.07 Å². The van der Waals surface area contributed by atoms with Crippen LogP contribution in [0.1, 0.15) is 38.7 Å². The molecule has 1 aliphatic heterocycles. The van der Waals surface area contributed by atoms with Crippen LogP contribution in [0.25, 0.3) is 0 Å². The molecule has 0 spiro atoms. The van der Waals surface area contributed by atoms with Gasteiger partial charge >= 0.3 is 0 Å². The molecule has 2 heterocycles. The molecule has 0 bridgehead atoms. The highest BCUT2D eigenvalue weighted by molar-refractivity contribution is 7.88. The molecule has 1 aliphatic rings. The van der Waals surface area contributed by atoms with Crippen molar-refractivity contribution in [3.8, 4) is 0 Å². The summed E-state index contributed by atoms with van der Waals surface area (Å²) < 4.78 is 30.6. The van der Waals surface area contributed by atoms with Crippen LogP contribution in [0, 0.1) is 0 Å². The maximum absolute atomic E-state index is 11.4. The van der Waals surface area contributed by atoms with E-state index in [9.17, 15) is 8.42 Å². The lowest BCUT2D eigenvalue weighted by atomic mass is 9.95. The molecule has 0 saturated carbocycles. The normalized spacial score (nSPS) is 19.3. The summed E-state index contributed by atoms with van der Waals surface area (Å²) in [6.07, 6.45) is 1.95. The van der Waals surface area contributed by atoms with Crippen LogP contribution in [0.3, 0.4) is 0 Å². The third-order valence-electron chi connectivity index (χ3n) is 3.62. The first-order valence-corrected chi connectivity index (χ1v) is 9.57. The van der Waals surface area contributed by atoms with Crippen molar-refractivity contribution >= 4 is 15.8 Å². The minimum absolute atomic E-state index is 0.0797. The Balaban J connectivity index is 2.24. The van der Waals surface area contributed by atoms with Crippen molar-refractivity contribution in [2.45, 2.75) is 45.3 Å². The number of hydrogen-bond acceptors (Lipinski definition) is 6. The van der Waals surface area contributed by atoms with E-state index in [0.29, 0.717) is 13.2 Å². The maximum Gasteiger partial charge on any atom is 0.209 e. The summed E-state index contributed by atoms with van der Waals surface area (Å²) in [4.78, 5) is 11.3. The number of hydrogen-bond donors (Lipinski definition) is 1. The second kappa shape index (κ2) is 6.70. The molecule has 0 aliphatic carbocycles. The summed E-state index contributed by atoms with van der Waals surface area (Å²) in [6, 6.07) is 1.84. The highest BCUT2D eigenvalue weighted by Gasteiger charge is 2.27. The van der Waals surface area contributed by atoms with Crippen molar-refractivity contribution in [1.29, 1.82) is 0 Å². The number of methoxy groups -OCH3 is 1. The maximum atomic E-state index is 11.4. The van der Waals surface area contributed by atoms with Crippen LogP contribution < -0.4 is 9.62 Å². The molecule has 7 nitrogen and oxygen atoms in total. The van der Waals surface area contributed by atoms with Crippen molar-refractivity contribution in [2.24, 2.45) is 0 Å². The average molecular weight is 342 g/mol. The Bertz CT molecular complexity index is 655. The van der Waals surface area contributed by atoms with Gasteiger partial charge in [-0.3, -0.25) is 0 Å². The van der Waals surface area contributed by atoms with Crippen molar-refractivity contribution in [3.05, 3.63) is 17.6 Å². The topological polar surface area (TPSA) is 84.4 Å². The summed E-state index contributed by atoms with van der Waals surface area (Å²) in [5, 5.41) is 0. The Morgan fingerprint density at radius 1 is 1.39 bits per heavy atom. The van der Waals surface area contributed by atoms with Crippen LogP contribution in [0.5, 0.6) is 0 Å². The van der Waals surface area contributed by atoms with Gasteiger partial charge in [-0.05, 0) is 6.42 Å². The minimum Gasteiger partial charge on any atom is -0.378 e. The molecule has 0 aromatic carbocycles. The second-order valence-electron chi connectivity index (χ2n) is 7.05. The highest BCUT2D eigenvalue weighted by atomic mass is 32.2. The van der Waals surface area contributed by atoms with Gasteiger partial charge in [0.1, 0.15) is 11.6 Å². The highest BCUT2D eigenvalue weighted by Crippen LogP contribution is 2.25. The van der Waals surface area contributed by atoms with E-state index in [4.69, 9.17) is 4.74 Å². The first-order chi connectivity index (χ1) is 10.6. The van der Waals surface area contributed by atoms with Crippen LogP contribution in [0.15, 0.2) is 6.07 Å². The molecule has 0 radical (unpaired) electrons. The van der Waals surface area contributed by atoms with Gasteiger partial charge in [0.25, 0.3) is 0 Å². The lowest BCUT2D eigenvalue weighted by Crippen LogP contribution is -2.36. The lowest BCUT2D eigenvalue weighted by molar-refractivity contribution is 0.181. The van der Waals surface area contributed by atoms with Gasteiger partial charge in [0.05, 0.1) is 18.6 Å². The second-order valence-corrected chi connectivity index (χ2v) is 8.83. The predicted octanol–water partition coefficient (Wildman–Crippen LogP) is 1.05. The minimum atomic E-state index is -3.19. The van der Waals surface area contributed by atoms with E-state index in [-0.39, 0.29) is 11.5 Å². The number of nitrogens with zero attached hydrogens (tertiary/aromatic N) is 3. The van der Waals surface area contributed by atoms with E-state index >= 15 is 0 Å². The summed E-state index contributed by atoms with van der Waals surface area (Å²) in [5.41, 5.74) is 0.671. The zero-order valence-electron chi connectivity index (χ0n) is 14.5. The third-order valence-corrected chi connectivity index (χ3v) is 4.38. The summed E-state index contributed by atoms with van der Waals surface area (Å²) in [7, 11) is -1.55. The van der Waals surface area contributed by atoms with Crippen LogP contribution in [-0.2, 0) is 26.8 Å². The van der Waals surface area contributed by atoms with Crippen LogP contribution >= 0.6 is 0 Å². The van der Waals surface area contributed by atoms with Gasteiger partial charge in [0.2, 0.25) is 10.0 Å². The number of ether oxygens (including phenoxy) is 1. The smallest absolute Gasteiger partial charge is 0.209 e. The fraction of sp³-hybridized carbons (Fsp3) is 0.733.